The lowest BCUT2D eigenvalue weighted by atomic mass is 10.1. The molecule has 3 nitrogen and oxygen atoms in total. The van der Waals surface area contributed by atoms with Gasteiger partial charge in [-0.15, -0.1) is 0 Å². The molecule has 0 spiro atoms. The van der Waals surface area contributed by atoms with Crippen LogP contribution in [0.3, 0.4) is 0 Å². The fraction of sp³-hybridized carbons (Fsp3) is 0.167. The van der Waals surface area contributed by atoms with Gasteiger partial charge in [-0.25, -0.2) is 0 Å². The van der Waals surface area contributed by atoms with Gasteiger partial charge in [-0.2, -0.15) is 0 Å². The highest BCUT2D eigenvalue weighted by molar-refractivity contribution is 5.80. The third-order valence-electron chi connectivity index (χ3n) is 1.93. The number of methoxy groups -OCH3 is 1. The first-order valence-corrected chi connectivity index (χ1v) is 4.55. The second kappa shape index (κ2) is 5.75. The van der Waals surface area contributed by atoms with Crippen LogP contribution in [0.2, 0.25) is 0 Å². The molecule has 0 heterocycles. The Morgan fingerprint density at radius 3 is 2.73 bits per heavy atom. The minimum atomic E-state index is 0.387. The Bertz CT molecular complexity index is 380. The number of hydrogen-bond donors (Lipinski definition) is 0. The van der Waals surface area contributed by atoms with E-state index in [0.29, 0.717) is 17.7 Å². The van der Waals surface area contributed by atoms with Gasteiger partial charge in [0.2, 0.25) is 0 Å². The molecule has 15 heavy (non-hydrogen) atoms. The second-order valence-corrected chi connectivity index (χ2v) is 2.92. The van der Waals surface area contributed by atoms with Crippen LogP contribution in [0.1, 0.15) is 22.3 Å². The smallest absolute Gasteiger partial charge is 0.153 e. The summed E-state index contributed by atoms with van der Waals surface area (Å²) in [6, 6.07) is 5.24. The van der Waals surface area contributed by atoms with Crippen molar-refractivity contribution in [1.29, 1.82) is 0 Å². The van der Waals surface area contributed by atoms with Crippen molar-refractivity contribution in [3.63, 3.8) is 0 Å². The summed E-state index contributed by atoms with van der Waals surface area (Å²) in [6.45, 7) is 0. The van der Waals surface area contributed by atoms with Crippen LogP contribution >= 0.6 is 0 Å². The van der Waals surface area contributed by atoms with Gasteiger partial charge in [0.15, 0.2) is 6.29 Å². The molecular formula is C12H12O3. The Balaban J connectivity index is 2.92. The Hall–Kier alpha value is -1.90. The van der Waals surface area contributed by atoms with Gasteiger partial charge in [0.25, 0.3) is 0 Å². The van der Waals surface area contributed by atoms with Crippen molar-refractivity contribution >= 4 is 18.6 Å². The standard InChI is InChI=1S/C12H12O3/c1-15-12-8-10(4-2-3-7-13)5-6-11(12)9-14/h2,4-9H,3H2,1H3. The van der Waals surface area contributed by atoms with E-state index in [-0.39, 0.29) is 0 Å². The van der Waals surface area contributed by atoms with Crippen LogP contribution in [-0.4, -0.2) is 19.7 Å². The van der Waals surface area contributed by atoms with E-state index in [1.807, 2.05) is 6.08 Å². The van der Waals surface area contributed by atoms with Gasteiger partial charge in [0.05, 0.1) is 12.7 Å². The molecule has 0 fully saturated rings. The Morgan fingerprint density at radius 2 is 2.13 bits per heavy atom. The highest BCUT2D eigenvalue weighted by Gasteiger charge is 2.00. The summed E-state index contributed by atoms with van der Waals surface area (Å²) in [5, 5.41) is 0. The molecular weight excluding hydrogens is 192 g/mol. The lowest BCUT2D eigenvalue weighted by Gasteiger charge is -2.03. The zero-order valence-corrected chi connectivity index (χ0v) is 8.47. The Morgan fingerprint density at radius 1 is 1.33 bits per heavy atom. The predicted octanol–water partition coefficient (Wildman–Crippen LogP) is 2.11. The molecule has 0 N–H and O–H groups in total. The summed E-state index contributed by atoms with van der Waals surface area (Å²) in [6.07, 6.45) is 5.52. The van der Waals surface area contributed by atoms with E-state index in [2.05, 4.69) is 0 Å². The van der Waals surface area contributed by atoms with Crippen molar-refractivity contribution in [2.24, 2.45) is 0 Å². The van der Waals surface area contributed by atoms with E-state index in [1.54, 1.807) is 24.3 Å². The third kappa shape index (κ3) is 3.06. The molecule has 0 unspecified atom stereocenters. The molecule has 1 rings (SSSR count). The highest BCUT2D eigenvalue weighted by atomic mass is 16.5. The molecule has 78 valence electrons. The molecule has 0 aromatic heterocycles. The fourth-order valence-corrected chi connectivity index (χ4v) is 1.19. The van der Waals surface area contributed by atoms with E-state index in [9.17, 15) is 9.59 Å². The monoisotopic (exact) mass is 204 g/mol. The van der Waals surface area contributed by atoms with Crippen LogP contribution in [0.25, 0.3) is 6.08 Å². The van der Waals surface area contributed by atoms with Crippen molar-refractivity contribution in [3.05, 3.63) is 35.4 Å². The zero-order valence-electron chi connectivity index (χ0n) is 8.47. The fourth-order valence-electron chi connectivity index (χ4n) is 1.19. The van der Waals surface area contributed by atoms with Gasteiger partial charge in [0.1, 0.15) is 12.0 Å². The van der Waals surface area contributed by atoms with Crippen LogP contribution in [-0.2, 0) is 4.79 Å². The number of hydrogen-bond acceptors (Lipinski definition) is 3. The van der Waals surface area contributed by atoms with Crippen molar-refractivity contribution in [2.75, 3.05) is 7.11 Å². The maximum Gasteiger partial charge on any atom is 0.153 e. The lowest BCUT2D eigenvalue weighted by molar-refractivity contribution is -0.107. The summed E-state index contributed by atoms with van der Waals surface area (Å²) >= 11 is 0. The average molecular weight is 204 g/mol. The first-order chi connectivity index (χ1) is 7.31. The number of aldehydes is 2. The molecule has 0 amide bonds. The van der Waals surface area contributed by atoms with Crippen LogP contribution < -0.4 is 4.74 Å². The third-order valence-corrected chi connectivity index (χ3v) is 1.93. The van der Waals surface area contributed by atoms with Gasteiger partial charge < -0.3 is 9.53 Å². The molecule has 3 heteroatoms. The number of ether oxygens (including phenoxy) is 1. The number of benzene rings is 1. The number of carbonyl (C=O) groups is 2. The van der Waals surface area contributed by atoms with E-state index in [0.717, 1.165) is 18.1 Å². The molecule has 0 radical (unpaired) electrons. The van der Waals surface area contributed by atoms with Gasteiger partial charge in [-0.1, -0.05) is 18.2 Å². The molecule has 0 aliphatic heterocycles. The molecule has 0 aliphatic carbocycles. The number of rotatable bonds is 5. The second-order valence-electron chi connectivity index (χ2n) is 2.92. The SMILES string of the molecule is COc1cc(C=CCC=O)ccc1C=O. The van der Waals surface area contributed by atoms with Gasteiger partial charge in [-0.3, -0.25) is 4.79 Å². The molecule has 0 aliphatic rings. The minimum absolute atomic E-state index is 0.387. The summed E-state index contributed by atoms with van der Waals surface area (Å²) < 4.78 is 5.05. The van der Waals surface area contributed by atoms with Crippen molar-refractivity contribution in [3.8, 4) is 5.75 Å². The summed E-state index contributed by atoms with van der Waals surface area (Å²) in [4.78, 5) is 20.7. The average Bonchev–Trinajstić information content (AvgIpc) is 2.29. The maximum atomic E-state index is 10.6. The summed E-state index contributed by atoms with van der Waals surface area (Å²) in [7, 11) is 1.52. The first-order valence-electron chi connectivity index (χ1n) is 4.55. The van der Waals surface area contributed by atoms with E-state index in [4.69, 9.17) is 4.74 Å². The van der Waals surface area contributed by atoms with Crippen molar-refractivity contribution in [2.45, 2.75) is 6.42 Å². The molecule has 1 aromatic rings. The van der Waals surface area contributed by atoms with Crippen LogP contribution in [0.15, 0.2) is 24.3 Å². The topological polar surface area (TPSA) is 43.4 Å². The zero-order chi connectivity index (χ0) is 11.1. The van der Waals surface area contributed by atoms with E-state index >= 15 is 0 Å². The highest BCUT2D eigenvalue weighted by Crippen LogP contribution is 2.19. The Labute approximate surface area is 88.4 Å². The normalized spacial score (nSPS) is 10.2. The van der Waals surface area contributed by atoms with Crippen molar-refractivity contribution in [1.82, 2.24) is 0 Å². The van der Waals surface area contributed by atoms with Gasteiger partial charge in [0, 0.05) is 6.42 Å². The minimum Gasteiger partial charge on any atom is -0.496 e. The molecule has 0 saturated carbocycles. The molecule has 1 aromatic carbocycles. The number of allylic oxidation sites excluding steroid dienone is 1. The Kier molecular flexibility index (Phi) is 4.29. The largest absolute Gasteiger partial charge is 0.496 e. The molecule has 0 bridgehead atoms. The van der Waals surface area contributed by atoms with Crippen LogP contribution in [0, 0.1) is 0 Å². The van der Waals surface area contributed by atoms with E-state index < -0.39 is 0 Å². The summed E-state index contributed by atoms with van der Waals surface area (Å²) in [5.74, 6) is 0.540. The quantitative estimate of drug-likeness (QED) is 0.690. The molecule has 0 atom stereocenters. The molecule has 0 saturated heterocycles. The van der Waals surface area contributed by atoms with Crippen LogP contribution in [0.5, 0.6) is 5.75 Å². The van der Waals surface area contributed by atoms with Crippen LogP contribution in [0.4, 0.5) is 0 Å². The van der Waals surface area contributed by atoms with Crippen molar-refractivity contribution < 1.29 is 14.3 Å². The lowest BCUT2D eigenvalue weighted by Crippen LogP contribution is -1.90. The predicted molar refractivity (Wildman–Crippen MR) is 58.1 cm³/mol. The number of carbonyl (C=O) groups excluding carboxylic acids is 2. The summed E-state index contributed by atoms with van der Waals surface area (Å²) in [5.41, 5.74) is 1.42. The van der Waals surface area contributed by atoms with Gasteiger partial charge >= 0.3 is 0 Å². The van der Waals surface area contributed by atoms with E-state index in [1.165, 1.54) is 7.11 Å². The van der Waals surface area contributed by atoms with Gasteiger partial charge in [-0.05, 0) is 17.7 Å². The maximum absolute atomic E-state index is 10.6. The first kappa shape index (κ1) is 11.2.